The fourth-order valence-corrected chi connectivity index (χ4v) is 3.71. The summed E-state index contributed by atoms with van der Waals surface area (Å²) >= 11 is 0. The van der Waals surface area contributed by atoms with Crippen molar-refractivity contribution < 1.29 is 4.74 Å². The van der Waals surface area contributed by atoms with Gasteiger partial charge in [0.05, 0.1) is 12.3 Å². The number of rotatable bonds is 2. The maximum Gasteiger partial charge on any atom is 0.0975 e. The zero-order valence-corrected chi connectivity index (χ0v) is 11.2. The summed E-state index contributed by atoms with van der Waals surface area (Å²) in [6.45, 7) is 3.02. The van der Waals surface area contributed by atoms with Crippen molar-refractivity contribution in [2.75, 3.05) is 6.73 Å². The van der Waals surface area contributed by atoms with Crippen LogP contribution >= 0.6 is 0 Å². The number of hydrogen-bond acceptors (Lipinski definition) is 2. The van der Waals surface area contributed by atoms with Gasteiger partial charge in [-0.3, -0.25) is 5.32 Å². The number of fused-ring (bicyclic) bond motifs is 1. The molecule has 0 aromatic heterocycles. The molecule has 0 radical (unpaired) electrons. The molecule has 1 aromatic rings. The minimum atomic E-state index is 0.0116. The third-order valence-corrected chi connectivity index (χ3v) is 4.70. The average Bonchev–Trinajstić information content (AvgIpc) is 2.40. The predicted molar refractivity (Wildman–Crippen MR) is 73.4 cm³/mol. The van der Waals surface area contributed by atoms with Crippen LogP contribution in [0.2, 0.25) is 0 Å². The highest BCUT2D eigenvalue weighted by Gasteiger charge is 2.44. The molecule has 0 spiro atoms. The van der Waals surface area contributed by atoms with E-state index in [1.165, 1.54) is 31.2 Å². The van der Waals surface area contributed by atoms with Gasteiger partial charge < -0.3 is 4.74 Å². The maximum atomic E-state index is 6.13. The standard InChI is InChI=1S/C16H23NO/c1-16(11-13-7-3-2-4-8-13)14-9-5-6-10-15(14)17-12-18-16/h2-4,7-8,14-15,17H,5-6,9-12H2,1H3. The van der Waals surface area contributed by atoms with Gasteiger partial charge in [0.1, 0.15) is 0 Å². The average molecular weight is 245 g/mol. The maximum absolute atomic E-state index is 6.13. The van der Waals surface area contributed by atoms with Crippen molar-refractivity contribution in [1.82, 2.24) is 5.32 Å². The summed E-state index contributed by atoms with van der Waals surface area (Å²) in [7, 11) is 0. The summed E-state index contributed by atoms with van der Waals surface area (Å²) in [5.41, 5.74) is 1.41. The van der Waals surface area contributed by atoms with Gasteiger partial charge in [-0.05, 0) is 25.3 Å². The van der Waals surface area contributed by atoms with E-state index in [9.17, 15) is 0 Å². The summed E-state index contributed by atoms with van der Waals surface area (Å²) in [6, 6.07) is 11.4. The van der Waals surface area contributed by atoms with Gasteiger partial charge in [-0.25, -0.2) is 0 Å². The lowest BCUT2D eigenvalue weighted by atomic mass is 9.71. The van der Waals surface area contributed by atoms with Crippen LogP contribution in [0, 0.1) is 5.92 Å². The van der Waals surface area contributed by atoms with E-state index in [0.717, 1.165) is 6.42 Å². The van der Waals surface area contributed by atoms with E-state index in [0.29, 0.717) is 18.7 Å². The molecule has 1 aromatic carbocycles. The van der Waals surface area contributed by atoms with Crippen LogP contribution < -0.4 is 5.32 Å². The van der Waals surface area contributed by atoms with Gasteiger partial charge in [-0.1, -0.05) is 43.2 Å². The Kier molecular flexibility index (Phi) is 3.40. The number of benzene rings is 1. The summed E-state index contributed by atoms with van der Waals surface area (Å²) in [5, 5.41) is 3.54. The first-order valence-electron chi connectivity index (χ1n) is 7.19. The van der Waals surface area contributed by atoms with Crippen LogP contribution in [-0.4, -0.2) is 18.4 Å². The van der Waals surface area contributed by atoms with E-state index < -0.39 is 0 Å². The Morgan fingerprint density at radius 1 is 1.22 bits per heavy atom. The van der Waals surface area contributed by atoms with Crippen LogP contribution in [0.1, 0.15) is 38.2 Å². The minimum absolute atomic E-state index is 0.0116. The highest BCUT2D eigenvalue weighted by atomic mass is 16.5. The normalized spacial score (nSPS) is 36.1. The molecule has 2 nitrogen and oxygen atoms in total. The van der Waals surface area contributed by atoms with Crippen LogP contribution in [0.15, 0.2) is 30.3 Å². The number of hydrogen-bond donors (Lipinski definition) is 1. The Balaban J connectivity index is 1.79. The van der Waals surface area contributed by atoms with Crippen LogP contribution in [0.3, 0.4) is 0 Å². The summed E-state index contributed by atoms with van der Waals surface area (Å²) in [4.78, 5) is 0. The van der Waals surface area contributed by atoms with Crippen molar-refractivity contribution in [1.29, 1.82) is 0 Å². The van der Waals surface area contributed by atoms with Gasteiger partial charge >= 0.3 is 0 Å². The second kappa shape index (κ2) is 5.02. The highest BCUT2D eigenvalue weighted by molar-refractivity contribution is 5.18. The van der Waals surface area contributed by atoms with Crippen molar-refractivity contribution in [2.24, 2.45) is 5.92 Å². The van der Waals surface area contributed by atoms with Crippen molar-refractivity contribution in [3.05, 3.63) is 35.9 Å². The van der Waals surface area contributed by atoms with Crippen LogP contribution in [-0.2, 0) is 11.2 Å². The van der Waals surface area contributed by atoms with Gasteiger partial charge in [-0.15, -0.1) is 0 Å². The zero-order chi connectivity index (χ0) is 12.4. The number of ether oxygens (including phenoxy) is 1. The second-order valence-corrected chi connectivity index (χ2v) is 5.97. The Bertz CT molecular complexity index is 389. The molecule has 3 unspecified atom stereocenters. The summed E-state index contributed by atoms with van der Waals surface area (Å²) in [6.07, 6.45) is 6.39. The molecule has 0 bridgehead atoms. The van der Waals surface area contributed by atoms with Crippen molar-refractivity contribution in [3.8, 4) is 0 Å². The first-order chi connectivity index (χ1) is 8.78. The monoisotopic (exact) mass is 245 g/mol. The molecular formula is C16H23NO. The molecular weight excluding hydrogens is 222 g/mol. The van der Waals surface area contributed by atoms with Gasteiger partial charge in [0.25, 0.3) is 0 Å². The molecule has 1 aliphatic carbocycles. The molecule has 98 valence electrons. The quantitative estimate of drug-likeness (QED) is 0.864. The fraction of sp³-hybridized carbons (Fsp3) is 0.625. The van der Waals surface area contributed by atoms with Gasteiger partial charge in [0.15, 0.2) is 0 Å². The second-order valence-electron chi connectivity index (χ2n) is 5.97. The van der Waals surface area contributed by atoms with Crippen molar-refractivity contribution in [2.45, 2.75) is 50.7 Å². The smallest absolute Gasteiger partial charge is 0.0975 e. The van der Waals surface area contributed by atoms with E-state index >= 15 is 0 Å². The SMILES string of the molecule is CC1(Cc2ccccc2)OCNC2CCCCC21. The number of nitrogens with one attached hydrogen (secondary N) is 1. The molecule has 2 aliphatic rings. The van der Waals surface area contributed by atoms with E-state index in [-0.39, 0.29) is 5.60 Å². The largest absolute Gasteiger partial charge is 0.359 e. The predicted octanol–water partition coefficient (Wildman–Crippen LogP) is 3.12. The Labute approximate surface area is 110 Å². The molecule has 18 heavy (non-hydrogen) atoms. The molecule has 3 atom stereocenters. The highest BCUT2D eigenvalue weighted by Crippen LogP contribution is 2.39. The molecule has 0 amide bonds. The van der Waals surface area contributed by atoms with E-state index in [4.69, 9.17) is 4.74 Å². The van der Waals surface area contributed by atoms with Gasteiger partial charge in [0.2, 0.25) is 0 Å². The fourth-order valence-electron chi connectivity index (χ4n) is 3.71. The Morgan fingerprint density at radius 2 is 2.00 bits per heavy atom. The lowest BCUT2D eigenvalue weighted by molar-refractivity contribution is -0.138. The lowest BCUT2D eigenvalue weighted by Crippen LogP contribution is -2.58. The molecule has 1 heterocycles. The molecule has 2 heteroatoms. The van der Waals surface area contributed by atoms with Crippen LogP contribution in [0.4, 0.5) is 0 Å². The summed E-state index contributed by atoms with van der Waals surface area (Å²) < 4.78 is 6.13. The molecule has 2 fully saturated rings. The van der Waals surface area contributed by atoms with Crippen LogP contribution in [0.5, 0.6) is 0 Å². The lowest BCUT2D eigenvalue weighted by Gasteiger charge is -2.48. The molecule has 1 saturated carbocycles. The Hall–Kier alpha value is -0.860. The Morgan fingerprint density at radius 3 is 2.83 bits per heavy atom. The molecule has 3 rings (SSSR count). The third-order valence-electron chi connectivity index (χ3n) is 4.70. The van der Waals surface area contributed by atoms with Crippen molar-refractivity contribution in [3.63, 3.8) is 0 Å². The van der Waals surface area contributed by atoms with Gasteiger partial charge in [0, 0.05) is 18.4 Å². The van der Waals surface area contributed by atoms with E-state index in [1.54, 1.807) is 0 Å². The van der Waals surface area contributed by atoms with E-state index in [1.807, 2.05) is 0 Å². The third kappa shape index (κ3) is 2.32. The van der Waals surface area contributed by atoms with Gasteiger partial charge in [-0.2, -0.15) is 0 Å². The zero-order valence-electron chi connectivity index (χ0n) is 11.2. The first-order valence-corrected chi connectivity index (χ1v) is 7.19. The van der Waals surface area contributed by atoms with E-state index in [2.05, 4.69) is 42.6 Å². The topological polar surface area (TPSA) is 21.3 Å². The van der Waals surface area contributed by atoms with Crippen molar-refractivity contribution >= 4 is 0 Å². The molecule has 1 N–H and O–H groups in total. The summed E-state index contributed by atoms with van der Waals surface area (Å²) in [5.74, 6) is 0.667. The molecule has 1 saturated heterocycles. The first kappa shape index (κ1) is 12.2. The molecule has 1 aliphatic heterocycles. The van der Waals surface area contributed by atoms with Crippen LogP contribution in [0.25, 0.3) is 0 Å². The minimum Gasteiger partial charge on any atom is -0.359 e.